The van der Waals surface area contributed by atoms with E-state index in [0.717, 1.165) is 24.0 Å². The molecule has 1 aliphatic rings. The van der Waals surface area contributed by atoms with Crippen molar-refractivity contribution in [3.8, 4) is 6.07 Å². The maximum absolute atomic E-state index is 12.6. The smallest absolute Gasteiger partial charge is 0.254 e. The van der Waals surface area contributed by atoms with Crippen molar-refractivity contribution in [1.29, 1.82) is 5.26 Å². The monoisotopic (exact) mass is 257 g/mol. The molecule has 100 valence electrons. The minimum atomic E-state index is 0.00181. The van der Waals surface area contributed by atoms with Crippen molar-refractivity contribution in [3.05, 3.63) is 28.8 Å². The summed E-state index contributed by atoms with van der Waals surface area (Å²) in [4.78, 5) is 14.4. The minimum absolute atomic E-state index is 0.00181. The van der Waals surface area contributed by atoms with Crippen LogP contribution in [0.5, 0.6) is 0 Å². The molecule has 1 saturated carbocycles. The summed E-state index contributed by atoms with van der Waals surface area (Å²) >= 11 is 0. The molecule has 4 nitrogen and oxygen atoms in total. The molecule has 0 saturated heterocycles. The highest BCUT2D eigenvalue weighted by Gasteiger charge is 2.33. The van der Waals surface area contributed by atoms with E-state index < -0.39 is 0 Å². The van der Waals surface area contributed by atoms with Gasteiger partial charge in [-0.3, -0.25) is 4.79 Å². The second-order valence-corrected chi connectivity index (χ2v) is 5.16. The number of nitriles is 1. The molecule has 2 N–H and O–H groups in total. The summed E-state index contributed by atoms with van der Waals surface area (Å²) < 4.78 is 0. The van der Waals surface area contributed by atoms with Gasteiger partial charge in [0.05, 0.1) is 12.5 Å². The zero-order valence-electron chi connectivity index (χ0n) is 11.4. The summed E-state index contributed by atoms with van der Waals surface area (Å²) in [6.07, 6.45) is 2.46. The quantitative estimate of drug-likeness (QED) is 0.842. The van der Waals surface area contributed by atoms with Gasteiger partial charge in [-0.25, -0.2) is 0 Å². The topological polar surface area (TPSA) is 70.1 Å². The van der Waals surface area contributed by atoms with Gasteiger partial charge in [-0.1, -0.05) is 6.07 Å². The Hall–Kier alpha value is -2.02. The first-order chi connectivity index (χ1) is 9.04. The van der Waals surface area contributed by atoms with Crippen molar-refractivity contribution in [3.63, 3.8) is 0 Å². The molecule has 0 bridgehead atoms. The van der Waals surface area contributed by atoms with Crippen LogP contribution in [0.3, 0.4) is 0 Å². The average molecular weight is 257 g/mol. The van der Waals surface area contributed by atoms with E-state index in [0.29, 0.717) is 30.3 Å². The van der Waals surface area contributed by atoms with Crippen LogP contribution >= 0.6 is 0 Å². The van der Waals surface area contributed by atoms with Gasteiger partial charge in [-0.15, -0.1) is 0 Å². The number of nitrogen functional groups attached to an aromatic ring is 1. The zero-order chi connectivity index (χ0) is 14.0. The summed E-state index contributed by atoms with van der Waals surface area (Å²) in [5.74, 6) is 0.00181. The Labute approximate surface area is 113 Å². The van der Waals surface area contributed by atoms with E-state index >= 15 is 0 Å². The number of hydrogen-bond donors (Lipinski definition) is 1. The molecule has 0 atom stereocenters. The van der Waals surface area contributed by atoms with Crippen LogP contribution < -0.4 is 5.73 Å². The summed E-state index contributed by atoms with van der Waals surface area (Å²) in [7, 11) is 0. The minimum Gasteiger partial charge on any atom is -0.398 e. The fraction of sp³-hybridized carbons (Fsp3) is 0.467. The molecule has 1 aliphatic carbocycles. The first-order valence-corrected chi connectivity index (χ1v) is 6.59. The number of hydrogen-bond acceptors (Lipinski definition) is 3. The molecular weight excluding hydrogens is 238 g/mol. The Morgan fingerprint density at radius 2 is 2.11 bits per heavy atom. The largest absolute Gasteiger partial charge is 0.398 e. The van der Waals surface area contributed by atoms with E-state index in [4.69, 9.17) is 11.0 Å². The molecule has 0 spiro atoms. The van der Waals surface area contributed by atoms with E-state index in [9.17, 15) is 4.79 Å². The molecule has 0 heterocycles. The normalized spacial score (nSPS) is 13.9. The number of benzene rings is 1. The number of aryl methyl sites for hydroxylation is 2. The van der Waals surface area contributed by atoms with Gasteiger partial charge < -0.3 is 10.6 Å². The van der Waals surface area contributed by atoms with Crippen LogP contribution in [0.15, 0.2) is 12.1 Å². The lowest BCUT2D eigenvalue weighted by Gasteiger charge is -2.22. The van der Waals surface area contributed by atoms with Gasteiger partial charge in [0.25, 0.3) is 5.91 Å². The Balaban J connectivity index is 2.26. The highest BCUT2D eigenvalue weighted by Crippen LogP contribution is 2.29. The number of carbonyl (C=O) groups is 1. The zero-order valence-corrected chi connectivity index (χ0v) is 11.4. The molecule has 4 heteroatoms. The number of carbonyl (C=O) groups excluding carboxylic acids is 1. The molecule has 1 fully saturated rings. The van der Waals surface area contributed by atoms with Gasteiger partial charge in [-0.05, 0) is 43.9 Å². The van der Waals surface area contributed by atoms with Crippen molar-refractivity contribution in [2.75, 3.05) is 12.3 Å². The van der Waals surface area contributed by atoms with Crippen LogP contribution in [0, 0.1) is 25.2 Å². The molecule has 1 aromatic carbocycles. The van der Waals surface area contributed by atoms with Crippen LogP contribution in [0.1, 0.15) is 40.7 Å². The highest BCUT2D eigenvalue weighted by molar-refractivity contribution is 5.97. The highest BCUT2D eigenvalue weighted by atomic mass is 16.2. The molecule has 0 aliphatic heterocycles. The van der Waals surface area contributed by atoms with Gasteiger partial charge >= 0.3 is 0 Å². The summed E-state index contributed by atoms with van der Waals surface area (Å²) in [6, 6.07) is 6.11. The lowest BCUT2D eigenvalue weighted by atomic mass is 10.0. The van der Waals surface area contributed by atoms with Crippen LogP contribution in [-0.4, -0.2) is 23.4 Å². The van der Waals surface area contributed by atoms with E-state index in [2.05, 4.69) is 6.07 Å². The third-order valence-corrected chi connectivity index (χ3v) is 3.56. The van der Waals surface area contributed by atoms with E-state index in [1.54, 1.807) is 6.07 Å². The van der Waals surface area contributed by atoms with Crippen molar-refractivity contribution in [2.24, 2.45) is 0 Å². The summed E-state index contributed by atoms with van der Waals surface area (Å²) in [6.45, 7) is 4.37. The number of amides is 1. The van der Waals surface area contributed by atoms with E-state index in [1.165, 1.54) is 0 Å². The molecular formula is C15H19N3O. The third-order valence-electron chi connectivity index (χ3n) is 3.56. The Kier molecular flexibility index (Phi) is 3.75. The number of anilines is 1. The molecule has 0 unspecified atom stereocenters. The second kappa shape index (κ2) is 5.31. The molecule has 0 aromatic heterocycles. The number of nitrogens with two attached hydrogens (primary N) is 1. The maximum Gasteiger partial charge on any atom is 0.254 e. The Bertz CT molecular complexity index is 541. The summed E-state index contributed by atoms with van der Waals surface area (Å²) in [5.41, 5.74) is 9.13. The van der Waals surface area contributed by atoms with Crippen molar-refractivity contribution < 1.29 is 4.79 Å². The van der Waals surface area contributed by atoms with Gasteiger partial charge in [0.15, 0.2) is 0 Å². The Morgan fingerprint density at radius 1 is 1.42 bits per heavy atom. The summed E-state index contributed by atoms with van der Waals surface area (Å²) in [5, 5.41) is 8.70. The van der Waals surface area contributed by atoms with Crippen LogP contribution in [0.2, 0.25) is 0 Å². The fourth-order valence-corrected chi connectivity index (χ4v) is 2.26. The first kappa shape index (κ1) is 13.4. The Morgan fingerprint density at radius 3 is 2.68 bits per heavy atom. The number of rotatable bonds is 4. The number of nitrogens with zero attached hydrogens (tertiary/aromatic N) is 2. The molecule has 19 heavy (non-hydrogen) atoms. The van der Waals surface area contributed by atoms with Gasteiger partial charge in [-0.2, -0.15) is 5.26 Å². The third kappa shape index (κ3) is 2.87. The lowest BCUT2D eigenvalue weighted by molar-refractivity contribution is 0.0746. The van der Waals surface area contributed by atoms with Gasteiger partial charge in [0.1, 0.15) is 0 Å². The lowest BCUT2D eigenvalue weighted by Crippen LogP contribution is -2.34. The standard InChI is InChI=1S/C15H19N3O/c1-10-8-11(2)14(17)9-13(10)15(19)18(7-3-6-16)12-4-5-12/h8-9,12H,3-5,7,17H2,1-2H3. The van der Waals surface area contributed by atoms with Crippen LogP contribution in [0.25, 0.3) is 0 Å². The predicted octanol–water partition coefficient (Wildman–Crippen LogP) is 2.40. The molecule has 1 amide bonds. The van der Waals surface area contributed by atoms with Gasteiger partial charge in [0, 0.05) is 23.8 Å². The van der Waals surface area contributed by atoms with E-state index in [1.807, 2.05) is 24.8 Å². The van der Waals surface area contributed by atoms with Crippen LogP contribution in [-0.2, 0) is 0 Å². The average Bonchev–Trinajstić information content (AvgIpc) is 3.18. The van der Waals surface area contributed by atoms with E-state index in [-0.39, 0.29) is 5.91 Å². The van der Waals surface area contributed by atoms with Crippen molar-refractivity contribution in [2.45, 2.75) is 39.2 Å². The van der Waals surface area contributed by atoms with Gasteiger partial charge in [0.2, 0.25) is 0 Å². The van der Waals surface area contributed by atoms with Crippen molar-refractivity contribution >= 4 is 11.6 Å². The first-order valence-electron chi connectivity index (χ1n) is 6.59. The molecule has 2 rings (SSSR count). The van der Waals surface area contributed by atoms with Crippen LogP contribution in [0.4, 0.5) is 5.69 Å². The predicted molar refractivity (Wildman–Crippen MR) is 74.6 cm³/mol. The van der Waals surface area contributed by atoms with Crippen molar-refractivity contribution in [1.82, 2.24) is 4.90 Å². The second-order valence-electron chi connectivity index (χ2n) is 5.16. The fourth-order valence-electron chi connectivity index (χ4n) is 2.26. The SMILES string of the molecule is Cc1cc(C)c(C(=O)N(CCC#N)C2CC2)cc1N. The molecule has 0 radical (unpaired) electrons. The maximum atomic E-state index is 12.6. The molecule has 1 aromatic rings.